The Hall–Kier alpha value is -1.81. The molecule has 17 heavy (non-hydrogen) atoms. The minimum absolute atomic E-state index is 0.0257. The predicted octanol–water partition coefficient (Wildman–Crippen LogP) is 1.62. The van der Waals surface area contributed by atoms with Gasteiger partial charge in [-0.3, -0.25) is 9.59 Å². The summed E-state index contributed by atoms with van der Waals surface area (Å²) in [5.41, 5.74) is -0.423. The van der Waals surface area contributed by atoms with E-state index in [1.165, 1.54) is 14.2 Å². The van der Waals surface area contributed by atoms with Crippen LogP contribution in [0.25, 0.3) is 11.1 Å². The van der Waals surface area contributed by atoms with Crippen molar-refractivity contribution in [3.8, 4) is 22.6 Å². The fourth-order valence-corrected chi connectivity index (χ4v) is 1.89. The van der Waals surface area contributed by atoms with Crippen LogP contribution in [0.2, 0.25) is 5.02 Å². The van der Waals surface area contributed by atoms with E-state index < -0.39 is 10.9 Å². The highest BCUT2D eigenvalue weighted by molar-refractivity contribution is 6.34. The van der Waals surface area contributed by atoms with Crippen LogP contribution >= 0.6 is 11.6 Å². The third-order valence-corrected chi connectivity index (χ3v) is 2.88. The molecule has 0 amide bonds. The Morgan fingerprint density at radius 1 is 1.00 bits per heavy atom. The van der Waals surface area contributed by atoms with Gasteiger partial charge in [-0.05, 0) is 17.7 Å². The highest BCUT2D eigenvalue weighted by Crippen LogP contribution is 2.33. The van der Waals surface area contributed by atoms with Crippen molar-refractivity contribution in [1.82, 2.24) is 0 Å². The number of halogens is 1. The van der Waals surface area contributed by atoms with E-state index in [9.17, 15) is 9.59 Å². The summed E-state index contributed by atoms with van der Waals surface area (Å²) in [4.78, 5) is 22.4. The normalized spacial score (nSPS) is 10.5. The van der Waals surface area contributed by atoms with Crippen molar-refractivity contribution < 1.29 is 9.47 Å². The molecule has 0 aliphatic rings. The summed E-state index contributed by atoms with van der Waals surface area (Å²) < 4.78 is 10.2. The summed E-state index contributed by atoms with van der Waals surface area (Å²) >= 11 is 5.70. The minimum Gasteiger partial charge on any atom is -0.493 e. The van der Waals surface area contributed by atoms with Gasteiger partial charge in [-0.25, -0.2) is 0 Å². The summed E-state index contributed by atoms with van der Waals surface area (Å²) in [6, 6.07) is 4.92. The monoisotopic (exact) mass is 252 g/mol. The van der Waals surface area contributed by atoms with Crippen molar-refractivity contribution in [1.29, 1.82) is 0 Å². The van der Waals surface area contributed by atoms with Gasteiger partial charge in [0.2, 0.25) is 10.9 Å². The third kappa shape index (κ3) is 1.70. The lowest BCUT2D eigenvalue weighted by atomic mass is 10.0. The molecular weight excluding hydrogens is 244 g/mol. The van der Waals surface area contributed by atoms with Crippen molar-refractivity contribution in [3.05, 3.63) is 43.7 Å². The van der Waals surface area contributed by atoms with Crippen LogP contribution < -0.4 is 20.3 Å². The molecule has 0 N–H and O–H groups in total. The van der Waals surface area contributed by atoms with Crippen LogP contribution in [-0.4, -0.2) is 14.2 Å². The van der Waals surface area contributed by atoms with Crippen molar-refractivity contribution in [2.45, 2.75) is 0 Å². The molecule has 0 saturated heterocycles. The summed E-state index contributed by atoms with van der Waals surface area (Å²) in [5.74, 6) is 1.03. The molecule has 0 atom stereocenters. The minimum atomic E-state index is -0.642. The molecule has 0 bridgehead atoms. The van der Waals surface area contributed by atoms with Crippen molar-refractivity contribution >= 4 is 11.6 Å². The Labute approximate surface area is 102 Å². The van der Waals surface area contributed by atoms with E-state index in [1.807, 2.05) is 0 Å². The van der Waals surface area contributed by atoms with E-state index in [2.05, 4.69) is 0 Å². The van der Waals surface area contributed by atoms with Gasteiger partial charge in [-0.15, -0.1) is 0 Å². The molecule has 0 radical (unpaired) electrons. The SMILES string of the molecule is COc1ccc(-c2c(Cl)c(=O)c2=O)cc1OC. The number of ether oxygens (including phenoxy) is 2. The van der Waals surface area contributed by atoms with E-state index >= 15 is 0 Å². The molecule has 0 fully saturated rings. The van der Waals surface area contributed by atoms with Gasteiger partial charge < -0.3 is 9.47 Å². The lowest BCUT2D eigenvalue weighted by Crippen LogP contribution is -2.33. The van der Waals surface area contributed by atoms with Gasteiger partial charge in [-0.1, -0.05) is 17.7 Å². The molecule has 0 aromatic heterocycles. The quantitative estimate of drug-likeness (QED) is 0.779. The van der Waals surface area contributed by atoms with Gasteiger partial charge in [0.25, 0.3) is 0 Å². The predicted molar refractivity (Wildman–Crippen MR) is 64.9 cm³/mol. The highest BCUT2D eigenvalue weighted by atomic mass is 35.5. The number of hydrogen-bond acceptors (Lipinski definition) is 4. The van der Waals surface area contributed by atoms with Crippen LogP contribution in [0.4, 0.5) is 0 Å². The lowest BCUT2D eigenvalue weighted by molar-refractivity contribution is 0.355. The molecule has 2 rings (SSSR count). The molecule has 88 valence electrons. The number of benzene rings is 1. The fraction of sp³-hybridized carbons (Fsp3) is 0.167. The second-order valence-corrected chi connectivity index (χ2v) is 3.79. The Morgan fingerprint density at radius 2 is 1.65 bits per heavy atom. The molecule has 0 unspecified atom stereocenters. The van der Waals surface area contributed by atoms with E-state index in [4.69, 9.17) is 21.1 Å². The number of rotatable bonds is 3. The molecule has 0 spiro atoms. The average Bonchev–Trinajstić information content (AvgIpc) is 2.38. The second-order valence-electron chi connectivity index (χ2n) is 3.42. The van der Waals surface area contributed by atoms with Gasteiger partial charge in [0.05, 0.1) is 19.8 Å². The zero-order valence-corrected chi connectivity index (χ0v) is 10.00. The molecule has 5 heteroatoms. The zero-order chi connectivity index (χ0) is 12.6. The van der Waals surface area contributed by atoms with Crippen LogP contribution in [-0.2, 0) is 0 Å². The smallest absolute Gasteiger partial charge is 0.245 e. The van der Waals surface area contributed by atoms with Gasteiger partial charge in [-0.2, -0.15) is 0 Å². The Balaban J connectivity index is 2.56. The standard InChI is InChI=1S/C12H9ClO4/c1-16-7-4-3-6(5-8(7)17-2)9-10(13)12(15)11(9)14/h3-5H,1-2H3. The van der Waals surface area contributed by atoms with Gasteiger partial charge >= 0.3 is 0 Å². The van der Waals surface area contributed by atoms with Crippen LogP contribution in [0.15, 0.2) is 27.8 Å². The first-order valence-electron chi connectivity index (χ1n) is 4.81. The fourth-order valence-electron chi connectivity index (χ4n) is 1.61. The van der Waals surface area contributed by atoms with E-state index in [1.54, 1.807) is 18.2 Å². The largest absolute Gasteiger partial charge is 0.493 e. The topological polar surface area (TPSA) is 52.6 Å². The molecule has 0 aliphatic carbocycles. The first kappa shape index (κ1) is 11.7. The van der Waals surface area contributed by atoms with Crippen LogP contribution in [0.3, 0.4) is 0 Å². The van der Waals surface area contributed by atoms with Crippen molar-refractivity contribution in [2.75, 3.05) is 14.2 Å². The number of methoxy groups -OCH3 is 2. The van der Waals surface area contributed by atoms with Gasteiger partial charge in [0, 0.05) is 0 Å². The summed E-state index contributed by atoms with van der Waals surface area (Å²) in [6.07, 6.45) is 0. The van der Waals surface area contributed by atoms with Gasteiger partial charge in [0.15, 0.2) is 11.5 Å². The van der Waals surface area contributed by atoms with Crippen LogP contribution in [0.5, 0.6) is 11.5 Å². The third-order valence-electron chi connectivity index (χ3n) is 2.52. The first-order chi connectivity index (χ1) is 8.10. The number of hydrogen-bond donors (Lipinski definition) is 0. The molecule has 0 aliphatic heterocycles. The van der Waals surface area contributed by atoms with Crippen molar-refractivity contribution in [2.24, 2.45) is 0 Å². The maximum Gasteiger partial charge on any atom is 0.245 e. The van der Waals surface area contributed by atoms with Gasteiger partial charge in [0.1, 0.15) is 5.02 Å². The molecule has 4 nitrogen and oxygen atoms in total. The summed E-state index contributed by atoms with van der Waals surface area (Å²) in [7, 11) is 3.01. The van der Waals surface area contributed by atoms with Crippen LogP contribution in [0, 0.1) is 0 Å². The summed E-state index contributed by atoms with van der Waals surface area (Å²) in [5, 5.41) is -0.0257. The molecule has 2 aromatic carbocycles. The van der Waals surface area contributed by atoms with Crippen LogP contribution in [0.1, 0.15) is 0 Å². The Morgan fingerprint density at radius 3 is 2.18 bits per heavy atom. The zero-order valence-electron chi connectivity index (χ0n) is 9.24. The maximum absolute atomic E-state index is 11.4. The van der Waals surface area contributed by atoms with E-state index in [-0.39, 0.29) is 10.6 Å². The summed E-state index contributed by atoms with van der Waals surface area (Å²) in [6.45, 7) is 0. The second kappa shape index (κ2) is 4.22. The van der Waals surface area contributed by atoms with E-state index in [0.29, 0.717) is 17.1 Å². The molecule has 2 aromatic rings. The molecular formula is C12H9ClO4. The Bertz CT molecular complexity index is 638. The van der Waals surface area contributed by atoms with E-state index in [0.717, 1.165) is 0 Å². The molecule has 0 heterocycles. The highest BCUT2D eigenvalue weighted by Gasteiger charge is 2.21. The lowest BCUT2D eigenvalue weighted by Gasteiger charge is -2.10. The average molecular weight is 253 g/mol. The Kier molecular flexibility index (Phi) is 2.90. The molecule has 0 saturated carbocycles. The first-order valence-corrected chi connectivity index (χ1v) is 5.19. The van der Waals surface area contributed by atoms with Crippen molar-refractivity contribution in [3.63, 3.8) is 0 Å². The maximum atomic E-state index is 11.4.